The number of methoxy groups -OCH3 is 1. The molecule has 11 heteroatoms. The Labute approximate surface area is 243 Å². The Bertz CT molecular complexity index is 1910. The molecule has 0 radical (unpaired) electrons. The minimum Gasteiger partial charge on any atom is -0.468 e. The Kier molecular flexibility index (Phi) is 7.02. The third-order valence-electron chi connectivity index (χ3n) is 8.42. The van der Waals surface area contributed by atoms with Crippen molar-refractivity contribution in [1.29, 1.82) is 0 Å². The van der Waals surface area contributed by atoms with Gasteiger partial charge in [0, 0.05) is 30.1 Å². The molecular weight excluding hydrogens is 562 g/mol. The number of aryl methyl sites for hydroxylation is 1. The molecule has 2 aliphatic heterocycles. The number of ether oxygens (including phenoxy) is 2. The molecule has 0 saturated carbocycles. The number of nitrogens with zero attached hydrogens (tertiary/aromatic N) is 4. The van der Waals surface area contributed by atoms with Gasteiger partial charge in [0.1, 0.15) is 28.6 Å². The second-order valence-electron chi connectivity index (χ2n) is 11.0. The van der Waals surface area contributed by atoms with E-state index >= 15 is 4.39 Å². The molecule has 218 valence electrons. The third-order valence-corrected chi connectivity index (χ3v) is 9.92. The van der Waals surface area contributed by atoms with Gasteiger partial charge in [-0.3, -0.25) is 0 Å². The first kappa shape index (κ1) is 28.2. The van der Waals surface area contributed by atoms with Crippen molar-refractivity contribution in [3.63, 3.8) is 0 Å². The highest BCUT2D eigenvalue weighted by Crippen LogP contribution is 2.45. The van der Waals surface area contributed by atoms with E-state index in [1.54, 1.807) is 12.1 Å². The van der Waals surface area contributed by atoms with Gasteiger partial charge in [0.25, 0.3) is 0 Å². The lowest BCUT2D eigenvalue weighted by Crippen LogP contribution is -2.50. The summed E-state index contributed by atoms with van der Waals surface area (Å²) in [5.74, 6) is 1.40. The molecule has 42 heavy (non-hydrogen) atoms. The average Bonchev–Trinajstić information content (AvgIpc) is 3.11. The molecule has 0 amide bonds. The van der Waals surface area contributed by atoms with E-state index in [2.05, 4.69) is 27.7 Å². The van der Waals surface area contributed by atoms with Crippen molar-refractivity contribution >= 4 is 37.3 Å². The molecule has 0 spiro atoms. The van der Waals surface area contributed by atoms with Crippen LogP contribution >= 0.6 is 0 Å². The lowest BCUT2D eigenvalue weighted by molar-refractivity contribution is 0.0512. The molecule has 8 nitrogen and oxygen atoms in total. The molecule has 0 aliphatic carbocycles. The van der Waals surface area contributed by atoms with E-state index in [0.717, 1.165) is 19.3 Å². The summed E-state index contributed by atoms with van der Waals surface area (Å²) in [6.45, 7) is 4.21. The summed E-state index contributed by atoms with van der Waals surface area (Å²) in [5, 5.41) is 0.773. The van der Waals surface area contributed by atoms with Gasteiger partial charge in [-0.1, -0.05) is 18.9 Å². The van der Waals surface area contributed by atoms with Gasteiger partial charge in [0.15, 0.2) is 12.6 Å². The van der Waals surface area contributed by atoms with Gasteiger partial charge in [-0.15, -0.1) is 6.42 Å². The summed E-state index contributed by atoms with van der Waals surface area (Å²) >= 11 is 0. The number of halogens is 2. The van der Waals surface area contributed by atoms with E-state index in [1.165, 1.54) is 26.2 Å². The number of piperidine rings is 1. The minimum atomic E-state index is -3.89. The van der Waals surface area contributed by atoms with Crippen molar-refractivity contribution in [2.45, 2.75) is 56.6 Å². The first-order chi connectivity index (χ1) is 20.1. The van der Waals surface area contributed by atoms with Crippen molar-refractivity contribution in [2.75, 3.05) is 31.1 Å². The molecule has 6 rings (SSSR count). The molecule has 4 aromatic rings. The topological polar surface area (TPSA) is 94.5 Å². The van der Waals surface area contributed by atoms with Crippen LogP contribution in [0, 0.1) is 24.0 Å². The third kappa shape index (κ3) is 4.44. The van der Waals surface area contributed by atoms with Crippen LogP contribution in [0.25, 0.3) is 32.9 Å². The van der Waals surface area contributed by atoms with Crippen LogP contribution in [0.3, 0.4) is 0 Å². The second kappa shape index (κ2) is 10.4. The lowest BCUT2D eigenvalue weighted by atomic mass is 9.85. The zero-order chi connectivity index (χ0) is 29.8. The fraction of sp³-hybridized carbons (Fsp3) is 0.387. The SMILES string of the molecule is C#Cc1c(F)ccc2cc(OCOC)cc(-c3nc4c5c(nc(S(=O)(=O)CC)nc5c3F)N3CCCCC3(C)CC4)c12. The Morgan fingerprint density at radius 3 is 2.67 bits per heavy atom. The van der Waals surface area contributed by atoms with Gasteiger partial charge < -0.3 is 14.4 Å². The van der Waals surface area contributed by atoms with Crippen molar-refractivity contribution in [2.24, 2.45) is 0 Å². The number of terminal acetylenes is 1. The van der Waals surface area contributed by atoms with Crippen LogP contribution < -0.4 is 9.64 Å². The highest BCUT2D eigenvalue weighted by atomic mass is 32.2. The number of hydrogen-bond acceptors (Lipinski definition) is 8. The summed E-state index contributed by atoms with van der Waals surface area (Å²) in [5.41, 5.74) is 0.122. The van der Waals surface area contributed by atoms with Crippen LogP contribution in [0.4, 0.5) is 14.6 Å². The van der Waals surface area contributed by atoms with Gasteiger partial charge >= 0.3 is 0 Å². The largest absolute Gasteiger partial charge is 0.468 e. The first-order valence-electron chi connectivity index (χ1n) is 13.9. The molecule has 2 aromatic carbocycles. The summed E-state index contributed by atoms with van der Waals surface area (Å²) in [6, 6.07) is 5.99. The molecule has 1 saturated heterocycles. The summed E-state index contributed by atoms with van der Waals surface area (Å²) in [6.07, 6.45) is 9.73. The van der Waals surface area contributed by atoms with Crippen LogP contribution in [0.1, 0.15) is 50.8 Å². The number of rotatable bonds is 6. The fourth-order valence-corrected chi connectivity index (χ4v) is 6.88. The average molecular weight is 593 g/mol. The Hall–Kier alpha value is -3.88. The number of fused-ring (bicyclic) bond motifs is 3. The van der Waals surface area contributed by atoms with Crippen molar-refractivity contribution in [3.05, 3.63) is 47.2 Å². The molecular formula is C31H30F2N4O4S. The van der Waals surface area contributed by atoms with E-state index < -0.39 is 26.6 Å². The van der Waals surface area contributed by atoms with Crippen LogP contribution in [0.5, 0.6) is 5.75 Å². The smallest absolute Gasteiger partial charge is 0.249 e. The lowest BCUT2D eigenvalue weighted by Gasteiger charge is -2.45. The summed E-state index contributed by atoms with van der Waals surface area (Å²) in [7, 11) is -2.42. The Morgan fingerprint density at radius 2 is 1.93 bits per heavy atom. The van der Waals surface area contributed by atoms with Crippen LogP contribution in [0.2, 0.25) is 0 Å². The maximum Gasteiger partial charge on any atom is 0.249 e. The molecule has 1 atom stereocenters. The number of benzene rings is 2. The zero-order valence-electron chi connectivity index (χ0n) is 23.6. The van der Waals surface area contributed by atoms with Crippen LogP contribution in [0.15, 0.2) is 29.4 Å². The standard InChI is InChI=1S/C31H30F2N4O4S/c1-5-20-22(32)10-9-18-15-19(41-17-40-4)16-21(24(18)20)27-26(33)28-25-23(34-27)11-13-31(3)12-7-8-14-37(31)29(25)36-30(35-28)42(38,39)6-2/h1,9-10,15-16H,6-8,11-14,17H2,2-4H3. The van der Waals surface area contributed by atoms with E-state index in [1.807, 2.05) is 0 Å². The summed E-state index contributed by atoms with van der Waals surface area (Å²) < 4.78 is 68.7. The molecule has 4 heterocycles. The van der Waals surface area contributed by atoms with Crippen molar-refractivity contribution < 1.29 is 26.7 Å². The minimum absolute atomic E-state index is 0.0461. The van der Waals surface area contributed by atoms with E-state index in [9.17, 15) is 12.8 Å². The number of anilines is 1. The van der Waals surface area contributed by atoms with Crippen LogP contribution in [-0.2, 0) is 21.0 Å². The molecule has 2 aliphatic rings. The molecule has 1 unspecified atom stereocenters. The van der Waals surface area contributed by atoms with E-state index in [4.69, 9.17) is 20.9 Å². The Morgan fingerprint density at radius 1 is 1.12 bits per heavy atom. The van der Waals surface area contributed by atoms with Gasteiger partial charge in [0.2, 0.25) is 15.0 Å². The van der Waals surface area contributed by atoms with E-state index in [0.29, 0.717) is 47.4 Å². The van der Waals surface area contributed by atoms with Gasteiger partial charge in [-0.25, -0.2) is 32.2 Å². The number of sulfone groups is 1. The molecule has 1 fully saturated rings. The van der Waals surface area contributed by atoms with Gasteiger partial charge in [-0.05, 0) is 62.6 Å². The van der Waals surface area contributed by atoms with Crippen molar-refractivity contribution in [3.8, 4) is 29.4 Å². The molecule has 0 N–H and O–H groups in total. The van der Waals surface area contributed by atoms with Crippen molar-refractivity contribution in [1.82, 2.24) is 15.0 Å². The highest BCUT2D eigenvalue weighted by molar-refractivity contribution is 7.91. The Balaban J connectivity index is 1.73. The quantitative estimate of drug-likeness (QED) is 0.163. The molecule has 0 bridgehead atoms. The predicted octanol–water partition coefficient (Wildman–Crippen LogP) is 5.58. The highest BCUT2D eigenvalue weighted by Gasteiger charge is 2.40. The van der Waals surface area contributed by atoms with Crippen LogP contribution in [-0.4, -0.2) is 55.1 Å². The zero-order valence-corrected chi connectivity index (χ0v) is 24.4. The number of aromatic nitrogens is 3. The number of pyridine rings is 1. The fourth-order valence-electron chi connectivity index (χ4n) is 6.17. The van der Waals surface area contributed by atoms with Gasteiger partial charge in [-0.2, -0.15) is 0 Å². The number of hydrogen-bond donors (Lipinski definition) is 0. The first-order valence-corrected chi connectivity index (χ1v) is 15.5. The second-order valence-corrected chi connectivity index (χ2v) is 13.1. The molecule has 2 aromatic heterocycles. The maximum absolute atomic E-state index is 16.9. The predicted molar refractivity (Wildman–Crippen MR) is 156 cm³/mol. The van der Waals surface area contributed by atoms with E-state index in [-0.39, 0.29) is 45.8 Å². The monoisotopic (exact) mass is 592 g/mol. The van der Waals surface area contributed by atoms with Gasteiger partial charge in [0.05, 0.1) is 22.4 Å². The normalized spacial score (nSPS) is 18.5. The summed E-state index contributed by atoms with van der Waals surface area (Å²) in [4.78, 5) is 15.8. The maximum atomic E-state index is 16.9.